The molecule has 0 aliphatic carbocycles. The largest absolute Gasteiger partial charge is 0.423 e. The Hall–Kier alpha value is -3.40. The molecule has 0 aliphatic heterocycles. The molecular formula is C24H22O4. The van der Waals surface area contributed by atoms with E-state index >= 15 is 0 Å². The molecule has 0 saturated heterocycles. The molecule has 0 unspecified atom stereocenters. The Bertz CT molecular complexity index is 990. The second kappa shape index (κ2) is 8.53. The Morgan fingerprint density at radius 2 is 1.32 bits per heavy atom. The summed E-state index contributed by atoms with van der Waals surface area (Å²) in [5.41, 5.74) is 2.25. The summed E-state index contributed by atoms with van der Waals surface area (Å²) in [4.78, 5) is 25.4. The lowest BCUT2D eigenvalue weighted by atomic mass is 10.0. The lowest BCUT2D eigenvalue weighted by molar-refractivity contribution is 0.0691. The van der Waals surface area contributed by atoms with Gasteiger partial charge in [0.2, 0.25) is 0 Å². The van der Waals surface area contributed by atoms with Crippen molar-refractivity contribution in [3.8, 4) is 11.5 Å². The van der Waals surface area contributed by atoms with Crippen LogP contribution < -0.4 is 9.47 Å². The number of carbonyl (C=O) groups is 2. The average molecular weight is 374 g/mol. The summed E-state index contributed by atoms with van der Waals surface area (Å²) < 4.78 is 11.0. The van der Waals surface area contributed by atoms with Gasteiger partial charge in [-0.1, -0.05) is 56.3 Å². The highest BCUT2D eigenvalue weighted by Gasteiger charge is 2.21. The van der Waals surface area contributed by atoms with E-state index < -0.39 is 11.9 Å². The maximum atomic E-state index is 12.8. The first-order valence-corrected chi connectivity index (χ1v) is 9.14. The van der Waals surface area contributed by atoms with E-state index in [0.717, 1.165) is 11.1 Å². The third-order valence-electron chi connectivity index (χ3n) is 4.31. The third-order valence-corrected chi connectivity index (χ3v) is 4.31. The summed E-state index contributed by atoms with van der Waals surface area (Å²) in [6.45, 7) is 6.01. The summed E-state index contributed by atoms with van der Waals surface area (Å²) in [6.07, 6.45) is 0. The minimum absolute atomic E-state index is 0.162. The quantitative estimate of drug-likeness (QED) is 0.433. The second-order valence-electron chi connectivity index (χ2n) is 6.83. The van der Waals surface area contributed by atoms with E-state index in [9.17, 15) is 9.59 Å². The zero-order chi connectivity index (χ0) is 20.1. The Balaban J connectivity index is 1.88. The van der Waals surface area contributed by atoms with Crippen molar-refractivity contribution in [1.82, 2.24) is 0 Å². The van der Waals surface area contributed by atoms with Crippen molar-refractivity contribution in [3.05, 3.63) is 95.1 Å². The molecule has 28 heavy (non-hydrogen) atoms. The maximum absolute atomic E-state index is 12.8. The number of para-hydroxylation sites is 1. The fraction of sp³-hybridized carbons (Fsp3) is 0.167. The Morgan fingerprint density at radius 3 is 1.93 bits per heavy atom. The van der Waals surface area contributed by atoms with Crippen LogP contribution >= 0.6 is 0 Å². The van der Waals surface area contributed by atoms with Crippen LogP contribution in [0.2, 0.25) is 0 Å². The smallest absolute Gasteiger partial charge is 0.344 e. The molecule has 142 valence electrons. The Kier molecular flexibility index (Phi) is 5.90. The molecule has 0 fully saturated rings. The Labute approximate surface area is 164 Å². The van der Waals surface area contributed by atoms with E-state index in [2.05, 4.69) is 0 Å². The molecule has 0 radical (unpaired) electrons. The van der Waals surface area contributed by atoms with Crippen LogP contribution in [0.1, 0.15) is 51.6 Å². The summed E-state index contributed by atoms with van der Waals surface area (Å²) in [7, 11) is 0. The zero-order valence-electron chi connectivity index (χ0n) is 16.1. The van der Waals surface area contributed by atoms with Crippen molar-refractivity contribution in [1.29, 1.82) is 0 Å². The normalized spacial score (nSPS) is 10.6. The summed E-state index contributed by atoms with van der Waals surface area (Å²) in [6, 6.07) is 21.0. The van der Waals surface area contributed by atoms with Crippen LogP contribution in [0.5, 0.6) is 11.5 Å². The first kappa shape index (κ1) is 19.4. The molecule has 3 aromatic carbocycles. The maximum Gasteiger partial charge on any atom is 0.344 e. The second-order valence-corrected chi connectivity index (χ2v) is 6.83. The molecule has 0 aromatic heterocycles. The minimum atomic E-state index is -0.605. The zero-order valence-corrected chi connectivity index (χ0v) is 16.1. The van der Waals surface area contributed by atoms with Gasteiger partial charge in [0.1, 0.15) is 11.5 Å². The standard InChI is InChI=1S/C24H22O4/c1-16(2)19-14-13-17(3)15-22(19)28-24(26)21-12-8-7-11-20(21)23(25)27-18-9-5-4-6-10-18/h4-16H,1-3H3. The van der Waals surface area contributed by atoms with Gasteiger partial charge in [-0.05, 0) is 54.3 Å². The van der Waals surface area contributed by atoms with Crippen molar-refractivity contribution >= 4 is 11.9 Å². The van der Waals surface area contributed by atoms with Crippen LogP contribution in [0, 0.1) is 6.92 Å². The number of benzene rings is 3. The van der Waals surface area contributed by atoms with Crippen LogP contribution in [-0.4, -0.2) is 11.9 Å². The number of rotatable bonds is 5. The van der Waals surface area contributed by atoms with Crippen molar-refractivity contribution < 1.29 is 19.1 Å². The monoisotopic (exact) mass is 374 g/mol. The van der Waals surface area contributed by atoms with Gasteiger partial charge in [0.15, 0.2) is 0 Å². The van der Waals surface area contributed by atoms with E-state index in [-0.39, 0.29) is 17.0 Å². The number of carbonyl (C=O) groups excluding carboxylic acids is 2. The van der Waals surface area contributed by atoms with E-state index in [4.69, 9.17) is 9.47 Å². The van der Waals surface area contributed by atoms with Crippen molar-refractivity contribution in [2.24, 2.45) is 0 Å². The number of aryl methyl sites for hydroxylation is 1. The van der Waals surface area contributed by atoms with Gasteiger partial charge in [-0.15, -0.1) is 0 Å². The van der Waals surface area contributed by atoms with Crippen LogP contribution in [0.25, 0.3) is 0 Å². The molecule has 0 aliphatic rings. The highest BCUT2D eigenvalue weighted by molar-refractivity contribution is 6.04. The van der Waals surface area contributed by atoms with Crippen molar-refractivity contribution in [3.63, 3.8) is 0 Å². The molecule has 0 spiro atoms. The first-order valence-electron chi connectivity index (χ1n) is 9.14. The molecule has 0 heterocycles. The van der Waals surface area contributed by atoms with Crippen LogP contribution in [0.15, 0.2) is 72.8 Å². The average Bonchev–Trinajstić information content (AvgIpc) is 2.68. The molecule has 3 aromatic rings. The van der Waals surface area contributed by atoms with Gasteiger partial charge in [0, 0.05) is 0 Å². The molecular weight excluding hydrogens is 352 g/mol. The van der Waals surface area contributed by atoms with Crippen LogP contribution in [0.4, 0.5) is 0 Å². The minimum Gasteiger partial charge on any atom is -0.423 e. The van der Waals surface area contributed by atoms with Gasteiger partial charge in [-0.3, -0.25) is 0 Å². The van der Waals surface area contributed by atoms with Gasteiger partial charge < -0.3 is 9.47 Å². The molecule has 4 nitrogen and oxygen atoms in total. The molecule has 0 atom stereocenters. The van der Waals surface area contributed by atoms with Crippen LogP contribution in [-0.2, 0) is 0 Å². The lowest BCUT2D eigenvalue weighted by Crippen LogP contribution is -2.18. The van der Waals surface area contributed by atoms with Gasteiger partial charge in [-0.2, -0.15) is 0 Å². The predicted molar refractivity (Wildman–Crippen MR) is 108 cm³/mol. The highest BCUT2D eigenvalue weighted by atomic mass is 16.5. The summed E-state index contributed by atoms with van der Waals surface area (Å²) >= 11 is 0. The first-order chi connectivity index (χ1) is 13.5. The summed E-state index contributed by atoms with van der Waals surface area (Å²) in [5.74, 6) is -0.0791. The van der Waals surface area contributed by atoms with Gasteiger partial charge in [0.25, 0.3) is 0 Å². The molecule has 0 amide bonds. The predicted octanol–water partition coefficient (Wildman–Crippen LogP) is 5.56. The molecule has 3 rings (SSSR count). The van der Waals surface area contributed by atoms with E-state index in [0.29, 0.717) is 11.5 Å². The molecule has 4 heteroatoms. The van der Waals surface area contributed by atoms with Crippen molar-refractivity contribution in [2.45, 2.75) is 26.7 Å². The highest BCUT2D eigenvalue weighted by Crippen LogP contribution is 2.28. The number of hydrogen-bond donors (Lipinski definition) is 0. The van der Waals surface area contributed by atoms with Gasteiger partial charge in [0.05, 0.1) is 11.1 Å². The number of hydrogen-bond acceptors (Lipinski definition) is 4. The molecule has 0 N–H and O–H groups in total. The summed E-state index contributed by atoms with van der Waals surface area (Å²) in [5, 5.41) is 0. The van der Waals surface area contributed by atoms with E-state index in [1.54, 1.807) is 48.5 Å². The topological polar surface area (TPSA) is 52.6 Å². The fourth-order valence-electron chi connectivity index (χ4n) is 2.85. The Morgan fingerprint density at radius 1 is 0.750 bits per heavy atom. The third kappa shape index (κ3) is 4.46. The lowest BCUT2D eigenvalue weighted by Gasteiger charge is -2.14. The van der Waals surface area contributed by atoms with Crippen LogP contribution in [0.3, 0.4) is 0 Å². The SMILES string of the molecule is Cc1ccc(C(C)C)c(OC(=O)c2ccccc2C(=O)Oc2ccccc2)c1. The van der Waals surface area contributed by atoms with Crippen molar-refractivity contribution in [2.75, 3.05) is 0 Å². The van der Waals surface area contributed by atoms with Gasteiger partial charge >= 0.3 is 11.9 Å². The molecule has 0 saturated carbocycles. The molecule has 0 bridgehead atoms. The fourth-order valence-corrected chi connectivity index (χ4v) is 2.85. The van der Waals surface area contributed by atoms with Gasteiger partial charge in [-0.25, -0.2) is 9.59 Å². The number of esters is 2. The van der Waals surface area contributed by atoms with E-state index in [1.807, 2.05) is 45.0 Å². The van der Waals surface area contributed by atoms with E-state index in [1.165, 1.54) is 0 Å². The number of ether oxygens (including phenoxy) is 2.